The summed E-state index contributed by atoms with van der Waals surface area (Å²) in [6.07, 6.45) is 1.15. The lowest BCUT2D eigenvalue weighted by atomic mass is 9.98. The van der Waals surface area contributed by atoms with Crippen molar-refractivity contribution in [3.05, 3.63) is 65.5 Å². The molecule has 0 spiro atoms. The van der Waals surface area contributed by atoms with Crippen molar-refractivity contribution in [2.45, 2.75) is 32.7 Å². The Hall–Kier alpha value is -1.83. The number of nitrogens with one attached hydrogen (secondary N) is 1. The minimum atomic E-state index is -0.211. The summed E-state index contributed by atoms with van der Waals surface area (Å²) in [6, 6.07) is 15.2. The van der Waals surface area contributed by atoms with E-state index in [2.05, 4.69) is 43.4 Å². The zero-order chi connectivity index (χ0) is 13.7. The van der Waals surface area contributed by atoms with Crippen LogP contribution in [0.15, 0.2) is 48.5 Å². The highest BCUT2D eigenvalue weighted by Gasteiger charge is 2.02. The van der Waals surface area contributed by atoms with Crippen LogP contribution in [-0.4, -0.2) is 0 Å². The van der Waals surface area contributed by atoms with Crippen molar-refractivity contribution < 1.29 is 4.39 Å². The van der Waals surface area contributed by atoms with Gasteiger partial charge in [-0.25, -0.2) is 4.39 Å². The van der Waals surface area contributed by atoms with Gasteiger partial charge in [0.25, 0.3) is 0 Å². The normalized spacial score (nSPS) is 12.2. The molecule has 1 unspecified atom stereocenters. The van der Waals surface area contributed by atoms with E-state index in [0.717, 1.165) is 12.1 Å². The molecule has 1 nitrogen and oxygen atoms in total. The summed E-state index contributed by atoms with van der Waals surface area (Å²) < 4.78 is 13.0. The van der Waals surface area contributed by atoms with Gasteiger partial charge >= 0.3 is 0 Å². The van der Waals surface area contributed by atoms with Crippen LogP contribution in [0.5, 0.6) is 0 Å². The van der Waals surface area contributed by atoms with Gasteiger partial charge < -0.3 is 5.32 Å². The molecule has 0 fully saturated rings. The van der Waals surface area contributed by atoms with Crippen LogP contribution in [0.4, 0.5) is 10.1 Å². The first kappa shape index (κ1) is 13.6. The van der Waals surface area contributed by atoms with Gasteiger partial charge in [-0.1, -0.05) is 44.2 Å². The van der Waals surface area contributed by atoms with E-state index in [9.17, 15) is 4.39 Å². The summed E-state index contributed by atoms with van der Waals surface area (Å²) in [6.45, 7) is 5.15. The molecule has 0 aliphatic carbocycles. The molecule has 1 atom stereocenters. The van der Waals surface area contributed by atoms with Gasteiger partial charge in [0.2, 0.25) is 0 Å². The van der Waals surface area contributed by atoms with E-state index in [4.69, 9.17) is 0 Å². The maximum Gasteiger partial charge on any atom is 0.125 e. The molecule has 0 aromatic heterocycles. The summed E-state index contributed by atoms with van der Waals surface area (Å²) in [4.78, 5) is 0. The Morgan fingerprint density at radius 3 is 2.47 bits per heavy atom. The maximum atomic E-state index is 13.0. The lowest BCUT2D eigenvalue weighted by Crippen LogP contribution is -2.00. The Kier molecular flexibility index (Phi) is 4.56. The monoisotopic (exact) mass is 257 g/mol. The first-order valence-corrected chi connectivity index (χ1v) is 6.77. The number of hydrogen-bond donors (Lipinski definition) is 1. The van der Waals surface area contributed by atoms with Gasteiger partial charge in [-0.15, -0.1) is 0 Å². The second-order valence-corrected chi connectivity index (χ2v) is 4.91. The van der Waals surface area contributed by atoms with E-state index in [1.807, 2.05) is 6.07 Å². The van der Waals surface area contributed by atoms with Crippen LogP contribution in [0.3, 0.4) is 0 Å². The highest BCUT2D eigenvalue weighted by atomic mass is 19.1. The Morgan fingerprint density at radius 2 is 1.84 bits per heavy atom. The van der Waals surface area contributed by atoms with Gasteiger partial charge in [0, 0.05) is 12.2 Å². The molecular weight excluding hydrogens is 237 g/mol. The molecule has 0 bridgehead atoms. The van der Waals surface area contributed by atoms with Crippen LogP contribution in [0.2, 0.25) is 0 Å². The van der Waals surface area contributed by atoms with E-state index in [1.54, 1.807) is 6.07 Å². The van der Waals surface area contributed by atoms with Gasteiger partial charge in [-0.3, -0.25) is 0 Å². The van der Waals surface area contributed by atoms with Crippen LogP contribution >= 0.6 is 0 Å². The van der Waals surface area contributed by atoms with Gasteiger partial charge in [0.05, 0.1) is 0 Å². The lowest BCUT2D eigenvalue weighted by molar-refractivity contribution is 0.628. The molecule has 0 saturated heterocycles. The minimum absolute atomic E-state index is 0.211. The molecule has 2 rings (SSSR count). The predicted octanol–water partition coefficient (Wildman–Crippen LogP) is 4.95. The second-order valence-electron chi connectivity index (χ2n) is 4.91. The molecule has 19 heavy (non-hydrogen) atoms. The van der Waals surface area contributed by atoms with Gasteiger partial charge in [0.1, 0.15) is 5.82 Å². The van der Waals surface area contributed by atoms with Gasteiger partial charge in [-0.2, -0.15) is 0 Å². The summed E-state index contributed by atoms with van der Waals surface area (Å²) in [5, 5.41) is 3.22. The van der Waals surface area contributed by atoms with Crippen molar-refractivity contribution in [1.82, 2.24) is 0 Å². The number of rotatable bonds is 5. The molecule has 0 aliphatic rings. The third-order valence-corrected chi connectivity index (χ3v) is 3.48. The van der Waals surface area contributed by atoms with E-state index in [1.165, 1.54) is 23.3 Å². The fraction of sp³-hybridized carbons (Fsp3) is 0.294. The number of halogens is 1. The molecule has 2 aromatic carbocycles. The van der Waals surface area contributed by atoms with Crippen LogP contribution in [-0.2, 0) is 6.54 Å². The largest absolute Gasteiger partial charge is 0.381 e. The molecule has 2 heteroatoms. The van der Waals surface area contributed by atoms with Crippen LogP contribution < -0.4 is 5.32 Å². The average molecular weight is 257 g/mol. The number of anilines is 1. The van der Waals surface area contributed by atoms with Crippen LogP contribution in [0.25, 0.3) is 0 Å². The standard InChI is InChI=1S/C17H20FN/c1-3-13(2)15-9-7-14(8-10-15)12-19-17-6-4-5-16(18)11-17/h4-11,13,19H,3,12H2,1-2H3. The molecule has 2 aromatic rings. The molecule has 0 aliphatic heterocycles. The fourth-order valence-electron chi connectivity index (χ4n) is 2.00. The smallest absolute Gasteiger partial charge is 0.125 e. The first-order valence-electron chi connectivity index (χ1n) is 6.77. The maximum absolute atomic E-state index is 13.0. The summed E-state index contributed by atoms with van der Waals surface area (Å²) in [5.74, 6) is 0.391. The molecule has 0 radical (unpaired) electrons. The van der Waals surface area contributed by atoms with Crippen molar-refractivity contribution in [2.75, 3.05) is 5.32 Å². The van der Waals surface area contributed by atoms with Crippen molar-refractivity contribution in [1.29, 1.82) is 0 Å². The Morgan fingerprint density at radius 1 is 1.11 bits per heavy atom. The Bertz CT molecular complexity index is 519. The third kappa shape index (κ3) is 3.82. The topological polar surface area (TPSA) is 12.0 Å². The van der Waals surface area contributed by atoms with Crippen molar-refractivity contribution >= 4 is 5.69 Å². The second kappa shape index (κ2) is 6.37. The summed E-state index contributed by atoms with van der Waals surface area (Å²) in [5.41, 5.74) is 3.39. The summed E-state index contributed by atoms with van der Waals surface area (Å²) in [7, 11) is 0. The lowest BCUT2D eigenvalue weighted by Gasteiger charge is -2.11. The van der Waals surface area contributed by atoms with E-state index in [-0.39, 0.29) is 5.82 Å². The predicted molar refractivity (Wildman–Crippen MR) is 78.9 cm³/mol. The molecule has 100 valence electrons. The highest BCUT2D eigenvalue weighted by molar-refractivity contribution is 5.43. The van der Waals surface area contributed by atoms with Crippen LogP contribution in [0.1, 0.15) is 37.3 Å². The zero-order valence-electron chi connectivity index (χ0n) is 11.5. The first-order chi connectivity index (χ1) is 9.19. The SMILES string of the molecule is CCC(C)c1ccc(CNc2cccc(F)c2)cc1. The molecule has 0 saturated carbocycles. The Balaban J connectivity index is 1.96. The van der Waals surface area contributed by atoms with E-state index >= 15 is 0 Å². The quantitative estimate of drug-likeness (QED) is 0.799. The molecule has 1 N–H and O–H groups in total. The molecule has 0 amide bonds. The van der Waals surface area contributed by atoms with Crippen molar-refractivity contribution in [3.63, 3.8) is 0 Å². The highest BCUT2D eigenvalue weighted by Crippen LogP contribution is 2.19. The average Bonchev–Trinajstić information content (AvgIpc) is 2.45. The molecular formula is C17H20FN. The minimum Gasteiger partial charge on any atom is -0.381 e. The van der Waals surface area contributed by atoms with Crippen molar-refractivity contribution in [3.8, 4) is 0 Å². The van der Waals surface area contributed by atoms with E-state index in [0.29, 0.717) is 12.5 Å². The van der Waals surface area contributed by atoms with Crippen molar-refractivity contribution in [2.24, 2.45) is 0 Å². The van der Waals surface area contributed by atoms with Gasteiger partial charge in [0.15, 0.2) is 0 Å². The number of hydrogen-bond acceptors (Lipinski definition) is 1. The van der Waals surface area contributed by atoms with Gasteiger partial charge in [-0.05, 0) is 41.7 Å². The van der Waals surface area contributed by atoms with E-state index < -0.39 is 0 Å². The fourth-order valence-corrected chi connectivity index (χ4v) is 2.00. The summed E-state index contributed by atoms with van der Waals surface area (Å²) >= 11 is 0. The molecule has 0 heterocycles. The third-order valence-electron chi connectivity index (χ3n) is 3.48. The van der Waals surface area contributed by atoms with Crippen LogP contribution in [0, 0.1) is 5.82 Å². The Labute approximate surface area is 114 Å². The number of benzene rings is 2. The zero-order valence-corrected chi connectivity index (χ0v) is 11.5.